The molecule has 5 nitrogen and oxygen atoms in total. The first kappa shape index (κ1) is 14.3. The number of nitrogens with zero attached hydrogens (tertiary/aromatic N) is 3. The summed E-state index contributed by atoms with van der Waals surface area (Å²) in [6, 6.07) is 18.0. The Hall–Kier alpha value is -2.66. The normalized spacial score (nSPS) is 10.6. The van der Waals surface area contributed by atoms with E-state index in [1.165, 1.54) is 5.56 Å². The van der Waals surface area contributed by atoms with Crippen LogP contribution in [-0.4, -0.2) is 22.1 Å². The van der Waals surface area contributed by atoms with Crippen LogP contribution in [0.1, 0.15) is 17.0 Å². The largest absolute Gasteiger partial charge is 0.497 e. The molecule has 0 amide bonds. The lowest BCUT2D eigenvalue weighted by atomic mass is 10.1. The number of nitrogens with two attached hydrogens (primary N) is 1. The predicted octanol–water partition coefficient (Wildman–Crippen LogP) is 2.33. The van der Waals surface area contributed by atoms with E-state index in [1.807, 2.05) is 47.1 Å². The predicted molar refractivity (Wildman–Crippen MR) is 85.1 cm³/mol. The van der Waals surface area contributed by atoms with Crippen LogP contribution in [0.3, 0.4) is 0 Å². The van der Waals surface area contributed by atoms with Crippen molar-refractivity contribution in [3.05, 3.63) is 71.5 Å². The molecule has 2 aromatic carbocycles. The highest BCUT2D eigenvalue weighted by Gasteiger charge is 2.14. The average Bonchev–Trinajstić information content (AvgIpc) is 2.98. The maximum absolute atomic E-state index is 5.81. The summed E-state index contributed by atoms with van der Waals surface area (Å²) in [6.07, 6.45) is 0.734. The van der Waals surface area contributed by atoms with Gasteiger partial charge in [-0.2, -0.15) is 0 Å². The molecule has 0 fully saturated rings. The molecule has 5 heteroatoms. The smallest absolute Gasteiger partial charge is 0.121 e. The molecule has 0 aliphatic carbocycles. The Morgan fingerprint density at radius 3 is 2.64 bits per heavy atom. The van der Waals surface area contributed by atoms with Gasteiger partial charge in [-0.3, -0.25) is 0 Å². The van der Waals surface area contributed by atoms with Crippen molar-refractivity contribution in [3.63, 3.8) is 0 Å². The zero-order valence-corrected chi connectivity index (χ0v) is 12.4. The Kier molecular flexibility index (Phi) is 4.16. The van der Waals surface area contributed by atoms with E-state index in [2.05, 4.69) is 22.4 Å². The second-order valence-electron chi connectivity index (χ2n) is 4.96. The second-order valence-corrected chi connectivity index (χ2v) is 4.96. The Morgan fingerprint density at radius 1 is 1.09 bits per heavy atom. The van der Waals surface area contributed by atoms with Crippen LogP contribution in [0.5, 0.6) is 5.75 Å². The van der Waals surface area contributed by atoms with E-state index in [1.54, 1.807) is 7.11 Å². The SMILES string of the molecule is COc1cccc(-n2nnc(CN)c2Cc2ccccc2)c1. The summed E-state index contributed by atoms with van der Waals surface area (Å²) < 4.78 is 7.11. The quantitative estimate of drug-likeness (QED) is 0.784. The molecule has 3 aromatic rings. The molecule has 112 valence electrons. The summed E-state index contributed by atoms with van der Waals surface area (Å²) in [5.74, 6) is 0.785. The van der Waals surface area contributed by atoms with Crippen LogP contribution in [0.25, 0.3) is 5.69 Å². The van der Waals surface area contributed by atoms with Gasteiger partial charge >= 0.3 is 0 Å². The Morgan fingerprint density at radius 2 is 1.91 bits per heavy atom. The van der Waals surface area contributed by atoms with Crippen molar-refractivity contribution in [1.29, 1.82) is 0 Å². The number of methoxy groups -OCH3 is 1. The van der Waals surface area contributed by atoms with E-state index in [-0.39, 0.29) is 0 Å². The molecule has 1 aromatic heterocycles. The Bertz CT molecular complexity index is 752. The first-order valence-corrected chi connectivity index (χ1v) is 7.13. The summed E-state index contributed by atoms with van der Waals surface area (Å²) >= 11 is 0. The molecular weight excluding hydrogens is 276 g/mol. The van der Waals surface area contributed by atoms with Crippen LogP contribution in [0.2, 0.25) is 0 Å². The van der Waals surface area contributed by atoms with E-state index in [0.29, 0.717) is 6.54 Å². The zero-order valence-electron chi connectivity index (χ0n) is 12.4. The molecule has 22 heavy (non-hydrogen) atoms. The number of aromatic nitrogens is 3. The highest BCUT2D eigenvalue weighted by molar-refractivity contribution is 5.41. The zero-order chi connectivity index (χ0) is 15.4. The number of rotatable bonds is 5. The molecule has 0 aliphatic heterocycles. The maximum Gasteiger partial charge on any atom is 0.121 e. The second kappa shape index (κ2) is 6.41. The molecule has 3 rings (SSSR count). The van der Waals surface area contributed by atoms with Crippen molar-refractivity contribution >= 4 is 0 Å². The van der Waals surface area contributed by atoms with Crippen molar-refractivity contribution in [2.75, 3.05) is 7.11 Å². The van der Waals surface area contributed by atoms with E-state index in [4.69, 9.17) is 10.5 Å². The van der Waals surface area contributed by atoms with Gasteiger partial charge in [0.2, 0.25) is 0 Å². The van der Waals surface area contributed by atoms with Crippen LogP contribution in [-0.2, 0) is 13.0 Å². The van der Waals surface area contributed by atoms with Gasteiger partial charge in [0.1, 0.15) is 11.4 Å². The van der Waals surface area contributed by atoms with Gasteiger partial charge in [-0.25, -0.2) is 4.68 Å². The van der Waals surface area contributed by atoms with E-state index in [0.717, 1.165) is 29.2 Å². The molecule has 2 N–H and O–H groups in total. The fourth-order valence-corrected chi connectivity index (χ4v) is 2.41. The summed E-state index contributed by atoms with van der Waals surface area (Å²) in [6.45, 7) is 0.367. The van der Waals surface area contributed by atoms with Crippen molar-refractivity contribution < 1.29 is 4.74 Å². The standard InChI is InChI=1S/C17H18N4O/c1-22-15-9-5-8-14(11-15)21-17(16(12-18)19-20-21)10-13-6-3-2-4-7-13/h2-9,11H,10,12,18H2,1H3. The lowest BCUT2D eigenvalue weighted by Gasteiger charge is -2.09. The fraction of sp³-hybridized carbons (Fsp3) is 0.176. The minimum Gasteiger partial charge on any atom is -0.497 e. The van der Waals surface area contributed by atoms with Gasteiger partial charge in [-0.15, -0.1) is 5.10 Å². The van der Waals surface area contributed by atoms with Crippen LogP contribution in [0, 0.1) is 0 Å². The Labute approximate surface area is 129 Å². The summed E-state index contributed by atoms with van der Waals surface area (Å²) in [5, 5.41) is 8.47. The van der Waals surface area contributed by atoms with Crippen molar-refractivity contribution in [3.8, 4) is 11.4 Å². The van der Waals surface area contributed by atoms with Crippen LogP contribution in [0.4, 0.5) is 0 Å². The molecule has 0 atom stereocenters. The molecule has 0 saturated carbocycles. The third-order valence-electron chi connectivity index (χ3n) is 3.55. The number of hydrogen-bond donors (Lipinski definition) is 1. The van der Waals surface area contributed by atoms with Crippen LogP contribution in [0.15, 0.2) is 54.6 Å². The molecule has 0 spiro atoms. The van der Waals surface area contributed by atoms with Crippen molar-refractivity contribution in [1.82, 2.24) is 15.0 Å². The lowest BCUT2D eigenvalue weighted by molar-refractivity contribution is 0.414. The van der Waals surface area contributed by atoms with Crippen LogP contribution >= 0.6 is 0 Å². The van der Waals surface area contributed by atoms with Gasteiger partial charge in [0, 0.05) is 19.0 Å². The van der Waals surface area contributed by atoms with E-state index in [9.17, 15) is 0 Å². The van der Waals surface area contributed by atoms with Crippen LogP contribution < -0.4 is 10.5 Å². The Balaban J connectivity index is 2.03. The summed E-state index contributed by atoms with van der Waals surface area (Å²) in [7, 11) is 1.65. The van der Waals surface area contributed by atoms with Crippen molar-refractivity contribution in [2.24, 2.45) is 5.73 Å². The van der Waals surface area contributed by atoms with Gasteiger partial charge in [0.05, 0.1) is 18.5 Å². The molecule has 1 heterocycles. The van der Waals surface area contributed by atoms with Gasteiger partial charge in [-0.1, -0.05) is 41.6 Å². The summed E-state index contributed by atoms with van der Waals surface area (Å²) in [5.41, 5.74) is 9.74. The fourth-order valence-electron chi connectivity index (χ4n) is 2.41. The monoisotopic (exact) mass is 294 g/mol. The highest BCUT2D eigenvalue weighted by Crippen LogP contribution is 2.20. The van der Waals surface area contributed by atoms with Crippen molar-refractivity contribution in [2.45, 2.75) is 13.0 Å². The number of hydrogen-bond acceptors (Lipinski definition) is 4. The molecule has 0 unspecified atom stereocenters. The molecular formula is C17H18N4O. The number of benzene rings is 2. The van der Waals surface area contributed by atoms with Gasteiger partial charge in [-0.05, 0) is 17.7 Å². The molecule has 0 aliphatic rings. The van der Waals surface area contributed by atoms with Gasteiger partial charge in [0.25, 0.3) is 0 Å². The van der Waals surface area contributed by atoms with E-state index < -0.39 is 0 Å². The third kappa shape index (κ3) is 2.84. The molecule has 0 saturated heterocycles. The first-order chi connectivity index (χ1) is 10.8. The first-order valence-electron chi connectivity index (χ1n) is 7.13. The number of ether oxygens (including phenoxy) is 1. The highest BCUT2D eigenvalue weighted by atomic mass is 16.5. The molecule has 0 radical (unpaired) electrons. The van der Waals surface area contributed by atoms with Gasteiger partial charge < -0.3 is 10.5 Å². The third-order valence-corrected chi connectivity index (χ3v) is 3.55. The van der Waals surface area contributed by atoms with Gasteiger partial charge in [0.15, 0.2) is 0 Å². The minimum atomic E-state index is 0.367. The minimum absolute atomic E-state index is 0.367. The average molecular weight is 294 g/mol. The van der Waals surface area contributed by atoms with E-state index >= 15 is 0 Å². The molecule has 0 bridgehead atoms. The topological polar surface area (TPSA) is 66.0 Å². The summed E-state index contributed by atoms with van der Waals surface area (Å²) in [4.78, 5) is 0. The lowest BCUT2D eigenvalue weighted by Crippen LogP contribution is -2.07. The maximum atomic E-state index is 5.81.